The number of phenols is 1. The van der Waals surface area contributed by atoms with Gasteiger partial charge in [0.25, 0.3) is 11.1 Å². The Morgan fingerprint density at radius 1 is 1.24 bits per heavy atom. The number of rotatable bonds is 3. The van der Waals surface area contributed by atoms with Crippen LogP contribution >= 0.6 is 39.3 Å². The number of hydrogen-bond acceptors (Lipinski definition) is 4. The van der Waals surface area contributed by atoms with Crippen molar-refractivity contribution < 1.29 is 14.7 Å². The van der Waals surface area contributed by atoms with Crippen LogP contribution in [0.5, 0.6) is 5.75 Å². The van der Waals surface area contributed by atoms with Gasteiger partial charge in [0.15, 0.2) is 0 Å². The second kappa shape index (κ2) is 7.23. The third-order valence-electron chi connectivity index (χ3n) is 3.68. The molecule has 0 atom stereocenters. The fourth-order valence-electron chi connectivity index (χ4n) is 2.35. The largest absolute Gasteiger partial charge is 0.506 e. The molecule has 1 saturated heterocycles. The van der Waals surface area contributed by atoms with E-state index in [-0.39, 0.29) is 33.4 Å². The maximum Gasteiger partial charge on any atom is 0.293 e. The lowest BCUT2D eigenvalue weighted by atomic mass is 10.1. The minimum atomic E-state index is -0.383. The lowest BCUT2D eigenvalue weighted by Gasteiger charge is -2.12. The zero-order chi connectivity index (χ0) is 18.1. The second-order valence-electron chi connectivity index (χ2n) is 5.58. The molecule has 0 unspecified atom stereocenters. The standard InChI is InChI=1S/C18H13BrClNO3S/c1-10-2-4-11(5-3-10)9-21-17(23)15(25-18(21)24)7-12-6-13(19)8-14(20)16(12)22/h2-8,22H,9H2,1H3/b15-7-. The van der Waals surface area contributed by atoms with Crippen LogP contribution in [0.4, 0.5) is 4.79 Å². The van der Waals surface area contributed by atoms with Gasteiger partial charge >= 0.3 is 0 Å². The molecule has 1 N–H and O–H groups in total. The topological polar surface area (TPSA) is 57.6 Å². The summed E-state index contributed by atoms with van der Waals surface area (Å²) in [4.78, 5) is 26.2. The Labute approximate surface area is 162 Å². The zero-order valence-electron chi connectivity index (χ0n) is 13.1. The lowest BCUT2D eigenvalue weighted by Crippen LogP contribution is -2.27. The van der Waals surface area contributed by atoms with Gasteiger partial charge in [-0.1, -0.05) is 57.4 Å². The van der Waals surface area contributed by atoms with Crippen molar-refractivity contribution in [1.29, 1.82) is 0 Å². The summed E-state index contributed by atoms with van der Waals surface area (Å²) < 4.78 is 0.667. The monoisotopic (exact) mass is 437 g/mol. The number of carbonyl (C=O) groups is 2. The van der Waals surface area contributed by atoms with Gasteiger partial charge in [-0.05, 0) is 42.5 Å². The van der Waals surface area contributed by atoms with E-state index in [1.165, 1.54) is 11.0 Å². The van der Waals surface area contributed by atoms with E-state index < -0.39 is 0 Å². The van der Waals surface area contributed by atoms with Gasteiger partial charge in [-0.15, -0.1) is 0 Å². The number of amides is 2. The molecule has 0 radical (unpaired) electrons. The molecule has 0 bridgehead atoms. The van der Waals surface area contributed by atoms with Crippen LogP contribution in [0.2, 0.25) is 5.02 Å². The first kappa shape index (κ1) is 18.0. The van der Waals surface area contributed by atoms with Crippen LogP contribution in [0.3, 0.4) is 0 Å². The average Bonchev–Trinajstić information content (AvgIpc) is 2.81. The van der Waals surface area contributed by atoms with Gasteiger partial charge < -0.3 is 5.11 Å². The molecule has 7 heteroatoms. The summed E-state index contributed by atoms with van der Waals surface area (Å²) in [5.41, 5.74) is 2.36. The molecule has 0 saturated carbocycles. The maximum absolute atomic E-state index is 12.6. The maximum atomic E-state index is 12.6. The van der Waals surface area contributed by atoms with E-state index in [1.807, 2.05) is 31.2 Å². The summed E-state index contributed by atoms with van der Waals surface area (Å²) in [5.74, 6) is -0.513. The highest BCUT2D eigenvalue weighted by Gasteiger charge is 2.35. The zero-order valence-corrected chi connectivity index (χ0v) is 16.3. The fraction of sp³-hybridized carbons (Fsp3) is 0.111. The molecule has 1 fully saturated rings. The van der Waals surface area contributed by atoms with Gasteiger partial charge in [-0.3, -0.25) is 14.5 Å². The van der Waals surface area contributed by atoms with Gasteiger partial charge in [0.1, 0.15) is 5.75 Å². The Hall–Kier alpha value is -1.76. The van der Waals surface area contributed by atoms with Crippen LogP contribution in [-0.4, -0.2) is 21.2 Å². The summed E-state index contributed by atoms with van der Waals surface area (Å²) in [5, 5.41) is 9.88. The quantitative estimate of drug-likeness (QED) is 0.656. The minimum Gasteiger partial charge on any atom is -0.506 e. The minimum absolute atomic E-state index is 0.129. The molecule has 0 aromatic heterocycles. The number of aryl methyl sites for hydroxylation is 1. The summed E-state index contributed by atoms with van der Waals surface area (Å²) in [6, 6.07) is 10.8. The van der Waals surface area contributed by atoms with E-state index >= 15 is 0 Å². The molecular weight excluding hydrogens is 426 g/mol. The normalized spacial score (nSPS) is 16.1. The Morgan fingerprint density at radius 3 is 2.60 bits per heavy atom. The fourth-order valence-corrected chi connectivity index (χ4v) is 4.01. The molecular formula is C18H13BrClNO3S. The van der Waals surface area contributed by atoms with Crippen molar-refractivity contribution >= 4 is 56.5 Å². The summed E-state index contributed by atoms with van der Waals surface area (Å²) >= 11 is 10.1. The Bertz CT molecular complexity index is 896. The number of aromatic hydroxyl groups is 1. The highest BCUT2D eigenvalue weighted by Crippen LogP contribution is 2.37. The van der Waals surface area contributed by atoms with Gasteiger partial charge in [0.05, 0.1) is 16.5 Å². The molecule has 25 heavy (non-hydrogen) atoms. The number of thioether (sulfide) groups is 1. The van der Waals surface area contributed by atoms with Crippen LogP contribution in [0.15, 0.2) is 45.8 Å². The smallest absolute Gasteiger partial charge is 0.293 e. The number of halogens is 2. The first-order chi connectivity index (χ1) is 11.8. The number of phenolic OH excluding ortho intramolecular Hbond substituents is 1. The van der Waals surface area contributed by atoms with Crippen LogP contribution < -0.4 is 0 Å². The van der Waals surface area contributed by atoms with Gasteiger partial charge in [-0.2, -0.15) is 0 Å². The Morgan fingerprint density at radius 2 is 1.92 bits per heavy atom. The summed E-state index contributed by atoms with van der Waals surface area (Å²) in [6.45, 7) is 2.19. The molecule has 1 heterocycles. The van der Waals surface area contributed by atoms with Gasteiger partial charge in [-0.25, -0.2) is 0 Å². The number of hydrogen-bond donors (Lipinski definition) is 1. The van der Waals surface area contributed by atoms with E-state index in [2.05, 4.69) is 15.9 Å². The number of carbonyl (C=O) groups excluding carboxylic acids is 2. The lowest BCUT2D eigenvalue weighted by molar-refractivity contribution is -0.123. The summed E-state index contributed by atoms with van der Waals surface area (Å²) in [7, 11) is 0. The Kier molecular flexibility index (Phi) is 5.22. The van der Waals surface area contributed by atoms with Crippen LogP contribution in [0.1, 0.15) is 16.7 Å². The third kappa shape index (κ3) is 3.92. The molecule has 2 amide bonds. The molecule has 3 rings (SSSR count). The van der Waals surface area contributed by atoms with Gasteiger partial charge in [0, 0.05) is 10.0 Å². The number of benzene rings is 2. The first-order valence-electron chi connectivity index (χ1n) is 7.34. The highest BCUT2D eigenvalue weighted by atomic mass is 79.9. The van der Waals surface area contributed by atoms with E-state index in [4.69, 9.17) is 11.6 Å². The summed E-state index contributed by atoms with van der Waals surface area (Å²) in [6.07, 6.45) is 1.48. The van der Waals surface area contributed by atoms with Crippen molar-refractivity contribution in [3.05, 3.63) is 67.5 Å². The van der Waals surface area contributed by atoms with E-state index in [0.717, 1.165) is 22.9 Å². The van der Waals surface area contributed by atoms with Crippen molar-refractivity contribution in [2.45, 2.75) is 13.5 Å². The first-order valence-corrected chi connectivity index (χ1v) is 9.33. The van der Waals surface area contributed by atoms with Crippen molar-refractivity contribution in [2.24, 2.45) is 0 Å². The van der Waals surface area contributed by atoms with E-state index in [9.17, 15) is 14.7 Å². The number of imide groups is 1. The predicted molar refractivity (Wildman–Crippen MR) is 104 cm³/mol. The van der Waals surface area contributed by atoms with E-state index in [0.29, 0.717) is 10.0 Å². The molecule has 2 aromatic rings. The van der Waals surface area contributed by atoms with Crippen LogP contribution in [-0.2, 0) is 11.3 Å². The number of nitrogens with zero attached hydrogens (tertiary/aromatic N) is 1. The predicted octanol–water partition coefficient (Wildman–Crippen LogP) is 5.35. The SMILES string of the molecule is Cc1ccc(CN2C(=O)S/C(=C\c3cc(Br)cc(Cl)c3O)C2=O)cc1. The highest BCUT2D eigenvalue weighted by molar-refractivity contribution is 9.10. The third-order valence-corrected chi connectivity index (χ3v) is 5.33. The van der Waals surface area contributed by atoms with Gasteiger partial charge in [0.2, 0.25) is 0 Å². The molecule has 0 aliphatic carbocycles. The average molecular weight is 439 g/mol. The van der Waals surface area contributed by atoms with E-state index in [1.54, 1.807) is 12.1 Å². The molecule has 1 aliphatic heterocycles. The van der Waals surface area contributed by atoms with Crippen molar-refractivity contribution in [3.8, 4) is 5.75 Å². The molecule has 4 nitrogen and oxygen atoms in total. The van der Waals surface area contributed by atoms with Crippen LogP contribution in [0, 0.1) is 6.92 Å². The molecule has 1 aliphatic rings. The Balaban J connectivity index is 1.87. The molecule has 2 aromatic carbocycles. The van der Waals surface area contributed by atoms with Crippen molar-refractivity contribution in [1.82, 2.24) is 4.90 Å². The van der Waals surface area contributed by atoms with Crippen molar-refractivity contribution in [2.75, 3.05) is 0 Å². The second-order valence-corrected chi connectivity index (χ2v) is 7.89. The molecule has 128 valence electrons. The van der Waals surface area contributed by atoms with Crippen LogP contribution in [0.25, 0.3) is 6.08 Å². The molecule has 0 spiro atoms. The van der Waals surface area contributed by atoms with Crippen molar-refractivity contribution in [3.63, 3.8) is 0 Å².